The normalized spacial score (nSPS) is 18.4. The van der Waals surface area contributed by atoms with E-state index in [0.717, 1.165) is 23.4 Å². The number of fused-ring (bicyclic) bond motifs is 1. The van der Waals surface area contributed by atoms with Crippen molar-refractivity contribution in [1.29, 1.82) is 0 Å². The van der Waals surface area contributed by atoms with Gasteiger partial charge in [-0.15, -0.1) is 0 Å². The number of carboxylic acids is 1. The SMILES string of the molecule is COc1cccc2c1CC(CC(=O)O)CN2. The summed E-state index contributed by atoms with van der Waals surface area (Å²) in [5, 5.41) is 12.0. The largest absolute Gasteiger partial charge is 0.496 e. The van der Waals surface area contributed by atoms with Crippen molar-refractivity contribution in [3.05, 3.63) is 23.8 Å². The maximum Gasteiger partial charge on any atom is 0.303 e. The molecule has 1 aliphatic heterocycles. The highest BCUT2D eigenvalue weighted by atomic mass is 16.5. The number of hydrogen-bond acceptors (Lipinski definition) is 3. The van der Waals surface area contributed by atoms with Gasteiger partial charge in [0.05, 0.1) is 13.5 Å². The number of anilines is 1. The molecule has 1 aromatic carbocycles. The standard InChI is InChI=1S/C12H15NO3/c1-16-11-4-2-3-10-9(11)5-8(7-13-10)6-12(14)15/h2-4,8,13H,5-7H2,1H3,(H,14,15). The Morgan fingerprint density at radius 3 is 3.12 bits per heavy atom. The number of benzene rings is 1. The van der Waals surface area contributed by atoms with Gasteiger partial charge in [-0.25, -0.2) is 0 Å². The van der Waals surface area contributed by atoms with E-state index in [9.17, 15) is 4.79 Å². The average molecular weight is 221 g/mol. The topological polar surface area (TPSA) is 58.6 Å². The number of nitrogens with one attached hydrogen (secondary N) is 1. The van der Waals surface area contributed by atoms with E-state index in [0.29, 0.717) is 6.54 Å². The van der Waals surface area contributed by atoms with Crippen molar-refractivity contribution in [1.82, 2.24) is 0 Å². The average Bonchev–Trinajstić information content (AvgIpc) is 2.27. The first kappa shape index (κ1) is 10.8. The lowest BCUT2D eigenvalue weighted by Crippen LogP contribution is -2.25. The zero-order chi connectivity index (χ0) is 11.5. The molecule has 0 spiro atoms. The minimum absolute atomic E-state index is 0.140. The summed E-state index contributed by atoms with van der Waals surface area (Å²) in [6.45, 7) is 0.715. The Morgan fingerprint density at radius 2 is 2.44 bits per heavy atom. The third-order valence-corrected chi connectivity index (χ3v) is 2.89. The van der Waals surface area contributed by atoms with Gasteiger partial charge in [0.2, 0.25) is 0 Å². The fourth-order valence-electron chi connectivity index (χ4n) is 2.14. The molecule has 2 rings (SSSR count). The summed E-state index contributed by atoms with van der Waals surface area (Å²) in [4.78, 5) is 10.7. The van der Waals surface area contributed by atoms with Crippen LogP contribution in [0.5, 0.6) is 5.75 Å². The molecule has 4 heteroatoms. The highest BCUT2D eigenvalue weighted by Crippen LogP contribution is 2.33. The summed E-state index contributed by atoms with van der Waals surface area (Å²) in [5.41, 5.74) is 2.14. The highest BCUT2D eigenvalue weighted by Gasteiger charge is 2.22. The van der Waals surface area contributed by atoms with Crippen LogP contribution in [0.4, 0.5) is 5.69 Å². The molecule has 0 saturated heterocycles. The number of carboxylic acid groups (broad SMARTS) is 1. The summed E-state index contributed by atoms with van der Waals surface area (Å²) in [6.07, 6.45) is 0.961. The molecule has 4 nitrogen and oxygen atoms in total. The van der Waals surface area contributed by atoms with Crippen LogP contribution >= 0.6 is 0 Å². The number of rotatable bonds is 3. The van der Waals surface area contributed by atoms with Crippen LogP contribution in [0.2, 0.25) is 0 Å². The van der Waals surface area contributed by atoms with Crippen molar-refractivity contribution in [2.24, 2.45) is 5.92 Å². The van der Waals surface area contributed by atoms with Gasteiger partial charge in [0.25, 0.3) is 0 Å². The van der Waals surface area contributed by atoms with Crippen molar-refractivity contribution in [2.45, 2.75) is 12.8 Å². The molecule has 0 fully saturated rings. The maximum atomic E-state index is 10.7. The first-order chi connectivity index (χ1) is 7.70. The molecule has 0 aromatic heterocycles. The summed E-state index contributed by atoms with van der Waals surface area (Å²) < 4.78 is 5.28. The number of hydrogen-bond donors (Lipinski definition) is 2. The van der Waals surface area contributed by atoms with Crippen LogP contribution in [0.25, 0.3) is 0 Å². The van der Waals surface area contributed by atoms with E-state index >= 15 is 0 Å². The van der Waals surface area contributed by atoms with Gasteiger partial charge >= 0.3 is 5.97 Å². The van der Waals surface area contributed by atoms with Crippen LogP contribution in [-0.4, -0.2) is 24.7 Å². The van der Waals surface area contributed by atoms with Crippen LogP contribution in [0, 0.1) is 5.92 Å². The Balaban J connectivity index is 2.21. The predicted octanol–water partition coefficient (Wildman–Crippen LogP) is 1.75. The molecule has 1 aliphatic rings. The van der Waals surface area contributed by atoms with Crippen molar-refractivity contribution < 1.29 is 14.6 Å². The summed E-state index contributed by atoms with van der Waals surface area (Å²) in [7, 11) is 1.64. The fraction of sp³-hybridized carbons (Fsp3) is 0.417. The minimum atomic E-state index is -0.745. The fourth-order valence-corrected chi connectivity index (χ4v) is 2.14. The van der Waals surface area contributed by atoms with E-state index in [1.807, 2.05) is 18.2 Å². The van der Waals surface area contributed by atoms with E-state index in [2.05, 4.69) is 5.32 Å². The molecule has 0 bridgehead atoms. The second-order valence-electron chi connectivity index (χ2n) is 4.04. The van der Waals surface area contributed by atoms with Crippen LogP contribution in [0.15, 0.2) is 18.2 Å². The van der Waals surface area contributed by atoms with Gasteiger partial charge in [-0.3, -0.25) is 4.79 Å². The van der Waals surface area contributed by atoms with E-state index in [1.54, 1.807) is 7.11 Å². The van der Waals surface area contributed by atoms with Gasteiger partial charge in [-0.2, -0.15) is 0 Å². The molecule has 1 heterocycles. The third kappa shape index (κ3) is 2.10. The molecule has 0 aliphatic carbocycles. The van der Waals surface area contributed by atoms with Gasteiger partial charge in [-0.05, 0) is 24.5 Å². The van der Waals surface area contributed by atoms with Crippen LogP contribution in [0.1, 0.15) is 12.0 Å². The smallest absolute Gasteiger partial charge is 0.303 e. The number of ether oxygens (including phenoxy) is 1. The quantitative estimate of drug-likeness (QED) is 0.816. The van der Waals surface area contributed by atoms with E-state index in [4.69, 9.17) is 9.84 Å². The third-order valence-electron chi connectivity index (χ3n) is 2.89. The van der Waals surface area contributed by atoms with Gasteiger partial charge in [-0.1, -0.05) is 6.07 Å². The Kier molecular flexibility index (Phi) is 2.99. The monoisotopic (exact) mass is 221 g/mol. The Hall–Kier alpha value is -1.71. The van der Waals surface area contributed by atoms with Gasteiger partial charge in [0.15, 0.2) is 0 Å². The van der Waals surface area contributed by atoms with Crippen LogP contribution < -0.4 is 10.1 Å². The van der Waals surface area contributed by atoms with E-state index in [1.165, 1.54) is 0 Å². The lowest BCUT2D eigenvalue weighted by atomic mass is 9.91. The van der Waals surface area contributed by atoms with Crippen molar-refractivity contribution in [3.63, 3.8) is 0 Å². The highest BCUT2D eigenvalue weighted by molar-refractivity contribution is 5.68. The first-order valence-electron chi connectivity index (χ1n) is 5.32. The second kappa shape index (κ2) is 4.43. The molecule has 0 saturated carbocycles. The van der Waals surface area contributed by atoms with Crippen LogP contribution in [0.3, 0.4) is 0 Å². The summed E-state index contributed by atoms with van der Waals surface area (Å²) in [6, 6.07) is 5.83. The molecule has 16 heavy (non-hydrogen) atoms. The predicted molar refractivity (Wildman–Crippen MR) is 60.9 cm³/mol. The lowest BCUT2D eigenvalue weighted by Gasteiger charge is -2.26. The Morgan fingerprint density at radius 1 is 1.62 bits per heavy atom. The molecular formula is C12H15NO3. The van der Waals surface area contributed by atoms with Gasteiger partial charge < -0.3 is 15.2 Å². The first-order valence-corrected chi connectivity index (χ1v) is 5.32. The zero-order valence-corrected chi connectivity index (χ0v) is 9.19. The molecule has 2 N–H and O–H groups in total. The Bertz CT molecular complexity index is 389. The molecule has 0 amide bonds. The molecular weight excluding hydrogens is 206 g/mol. The van der Waals surface area contributed by atoms with E-state index < -0.39 is 5.97 Å². The maximum absolute atomic E-state index is 10.7. The molecule has 1 aromatic rings. The molecule has 1 atom stereocenters. The minimum Gasteiger partial charge on any atom is -0.496 e. The van der Waals surface area contributed by atoms with Crippen molar-refractivity contribution in [2.75, 3.05) is 19.0 Å². The zero-order valence-electron chi connectivity index (χ0n) is 9.19. The Labute approximate surface area is 94.2 Å². The summed E-state index contributed by atoms with van der Waals surface area (Å²) in [5.74, 6) is 0.228. The number of methoxy groups -OCH3 is 1. The van der Waals surface area contributed by atoms with E-state index in [-0.39, 0.29) is 12.3 Å². The summed E-state index contributed by atoms with van der Waals surface area (Å²) >= 11 is 0. The molecule has 0 radical (unpaired) electrons. The van der Waals surface area contributed by atoms with Crippen LogP contribution in [-0.2, 0) is 11.2 Å². The van der Waals surface area contributed by atoms with Crippen molar-refractivity contribution in [3.8, 4) is 5.75 Å². The number of aliphatic carboxylic acids is 1. The second-order valence-corrected chi connectivity index (χ2v) is 4.04. The molecule has 86 valence electrons. The number of carbonyl (C=O) groups is 1. The van der Waals surface area contributed by atoms with Crippen molar-refractivity contribution >= 4 is 11.7 Å². The van der Waals surface area contributed by atoms with Gasteiger partial charge in [0, 0.05) is 17.8 Å². The van der Waals surface area contributed by atoms with Gasteiger partial charge in [0.1, 0.15) is 5.75 Å². The lowest BCUT2D eigenvalue weighted by molar-refractivity contribution is -0.138. The molecule has 1 unspecified atom stereocenters.